The molecule has 1 aromatic heterocycles. The van der Waals surface area contributed by atoms with Crippen molar-refractivity contribution in [2.75, 3.05) is 13.2 Å². The average molecular weight is 390 g/mol. The van der Waals surface area contributed by atoms with Crippen LogP contribution in [0.25, 0.3) is 11.0 Å². The summed E-state index contributed by atoms with van der Waals surface area (Å²) in [6, 6.07) is 6.63. The van der Waals surface area contributed by atoms with Crippen molar-refractivity contribution in [2.24, 2.45) is 5.92 Å². The lowest BCUT2D eigenvalue weighted by Gasteiger charge is -2.23. The first kappa shape index (κ1) is 15.0. The third-order valence-electron chi connectivity index (χ3n) is 3.27. The quantitative estimate of drug-likeness (QED) is 0.600. The van der Waals surface area contributed by atoms with E-state index in [1.54, 1.807) is 0 Å². The normalized spacial score (nSPS) is 13.3. The molecule has 1 unspecified atom stereocenters. The highest BCUT2D eigenvalue weighted by molar-refractivity contribution is 14.1. The number of nitrogens with one attached hydrogen (secondary N) is 1. The molecule has 5 heteroatoms. The van der Waals surface area contributed by atoms with Gasteiger partial charge in [0.05, 0.1) is 23.7 Å². The Labute approximate surface area is 132 Å². The Morgan fingerprint density at radius 2 is 2.16 bits per heavy atom. The van der Waals surface area contributed by atoms with Crippen LogP contribution in [0.4, 0.5) is 0 Å². The zero-order chi connectivity index (χ0) is 14.0. The van der Waals surface area contributed by atoms with Crippen LogP contribution in [0.5, 0.6) is 0 Å². The van der Waals surface area contributed by atoms with Gasteiger partial charge in [0.15, 0.2) is 4.77 Å². The van der Waals surface area contributed by atoms with Gasteiger partial charge in [0.25, 0.3) is 0 Å². The number of halogens is 1. The summed E-state index contributed by atoms with van der Waals surface area (Å²) in [5.41, 5.74) is 2.25. The third kappa shape index (κ3) is 3.20. The summed E-state index contributed by atoms with van der Waals surface area (Å²) >= 11 is 7.81. The summed E-state index contributed by atoms with van der Waals surface area (Å²) in [5.74, 6) is 0.469. The molecule has 0 aliphatic rings. The van der Waals surface area contributed by atoms with Crippen LogP contribution >= 0.6 is 34.8 Å². The van der Waals surface area contributed by atoms with Crippen LogP contribution in [-0.2, 0) is 4.74 Å². The molecule has 0 saturated heterocycles. The zero-order valence-corrected chi connectivity index (χ0v) is 14.4. The molecule has 1 atom stereocenters. The minimum Gasteiger partial charge on any atom is -0.380 e. The largest absolute Gasteiger partial charge is 0.380 e. The monoisotopic (exact) mass is 390 g/mol. The molecule has 2 aromatic rings. The van der Waals surface area contributed by atoms with Gasteiger partial charge in [0.1, 0.15) is 0 Å². The minimum absolute atomic E-state index is 0.265. The van der Waals surface area contributed by atoms with Gasteiger partial charge in [-0.25, -0.2) is 0 Å². The molecular weight excluding hydrogens is 371 g/mol. The summed E-state index contributed by atoms with van der Waals surface area (Å²) in [7, 11) is 0. The van der Waals surface area contributed by atoms with Crippen molar-refractivity contribution in [3.63, 3.8) is 0 Å². The number of H-pyrrole nitrogens is 1. The van der Waals surface area contributed by atoms with Gasteiger partial charge in [-0.1, -0.05) is 13.8 Å². The summed E-state index contributed by atoms with van der Waals surface area (Å²) in [5, 5.41) is 0. The Morgan fingerprint density at radius 3 is 2.79 bits per heavy atom. The highest BCUT2D eigenvalue weighted by atomic mass is 127. The Balaban J connectivity index is 2.52. The lowest BCUT2D eigenvalue weighted by Crippen LogP contribution is -2.21. The van der Waals surface area contributed by atoms with E-state index in [1.807, 2.05) is 6.92 Å². The van der Waals surface area contributed by atoms with E-state index in [2.05, 4.69) is 64.2 Å². The topological polar surface area (TPSA) is 29.9 Å². The number of fused-ring (bicyclic) bond motifs is 1. The maximum atomic E-state index is 5.63. The number of hydrogen-bond donors (Lipinski definition) is 1. The van der Waals surface area contributed by atoms with Crippen LogP contribution in [0.3, 0.4) is 0 Å². The molecular formula is C14H19IN2OS. The second-order valence-electron chi connectivity index (χ2n) is 4.93. The Kier molecular flexibility index (Phi) is 5.03. The van der Waals surface area contributed by atoms with E-state index in [9.17, 15) is 0 Å². The minimum atomic E-state index is 0.265. The maximum absolute atomic E-state index is 5.63. The van der Waals surface area contributed by atoms with E-state index in [-0.39, 0.29) is 6.04 Å². The number of nitrogens with zero attached hydrogens (tertiary/aromatic N) is 1. The van der Waals surface area contributed by atoms with Crippen molar-refractivity contribution in [1.82, 2.24) is 9.55 Å². The van der Waals surface area contributed by atoms with Crippen molar-refractivity contribution >= 4 is 45.8 Å². The SMILES string of the molecule is CCOCC(C(C)C)n1c(=S)[nH]c2cc(I)ccc21. The first-order valence-corrected chi connectivity index (χ1v) is 8.00. The first-order chi connectivity index (χ1) is 9.04. The van der Waals surface area contributed by atoms with Crippen molar-refractivity contribution in [1.29, 1.82) is 0 Å². The van der Waals surface area contributed by atoms with Crippen LogP contribution in [0.1, 0.15) is 26.8 Å². The molecule has 104 valence electrons. The van der Waals surface area contributed by atoms with Gasteiger partial charge >= 0.3 is 0 Å². The molecule has 3 nitrogen and oxygen atoms in total. The second-order valence-corrected chi connectivity index (χ2v) is 6.56. The fourth-order valence-electron chi connectivity index (χ4n) is 2.24. The molecule has 19 heavy (non-hydrogen) atoms. The van der Waals surface area contributed by atoms with Crippen LogP contribution in [0.2, 0.25) is 0 Å². The molecule has 0 bridgehead atoms. The standard InChI is InChI=1S/C14H19IN2OS/c1-4-18-8-13(9(2)3)17-12-6-5-10(15)7-11(12)16-14(17)19/h5-7,9,13H,4,8H2,1-3H3,(H,16,19). The van der Waals surface area contributed by atoms with Gasteiger partial charge in [-0.3, -0.25) is 0 Å². The van der Waals surface area contributed by atoms with Gasteiger partial charge in [-0.15, -0.1) is 0 Å². The average Bonchev–Trinajstić information content (AvgIpc) is 2.65. The number of aromatic amines is 1. The molecule has 2 rings (SSSR count). The fourth-order valence-corrected chi connectivity index (χ4v) is 3.07. The van der Waals surface area contributed by atoms with Crippen LogP contribution in [0.15, 0.2) is 18.2 Å². The smallest absolute Gasteiger partial charge is 0.178 e. The Hall–Kier alpha value is -0.400. The fraction of sp³-hybridized carbons (Fsp3) is 0.500. The number of benzene rings is 1. The predicted molar refractivity (Wildman–Crippen MR) is 90.2 cm³/mol. The number of hydrogen-bond acceptors (Lipinski definition) is 2. The van der Waals surface area contributed by atoms with Crippen molar-refractivity contribution in [2.45, 2.75) is 26.8 Å². The third-order valence-corrected chi connectivity index (χ3v) is 4.24. The molecule has 0 amide bonds. The highest BCUT2D eigenvalue weighted by Crippen LogP contribution is 2.26. The summed E-state index contributed by atoms with van der Waals surface area (Å²) in [4.78, 5) is 3.30. The molecule has 1 aromatic carbocycles. The zero-order valence-electron chi connectivity index (χ0n) is 11.4. The van der Waals surface area contributed by atoms with E-state index in [1.165, 1.54) is 3.57 Å². The molecule has 0 aliphatic carbocycles. The van der Waals surface area contributed by atoms with Crippen molar-refractivity contribution in [3.8, 4) is 0 Å². The van der Waals surface area contributed by atoms with Gasteiger partial charge < -0.3 is 14.3 Å². The van der Waals surface area contributed by atoms with Gasteiger partial charge in [-0.05, 0) is 65.8 Å². The van der Waals surface area contributed by atoms with Gasteiger partial charge in [-0.2, -0.15) is 0 Å². The maximum Gasteiger partial charge on any atom is 0.178 e. The van der Waals surface area contributed by atoms with Crippen LogP contribution in [0, 0.1) is 14.3 Å². The summed E-state index contributed by atoms with van der Waals surface area (Å²) in [6.07, 6.45) is 0. The molecule has 0 saturated carbocycles. The molecule has 0 radical (unpaired) electrons. The lowest BCUT2D eigenvalue weighted by atomic mass is 10.1. The van der Waals surface area contributed by atoms with Crippen LogP contribution in [-0.4, -0.2) is 22.8 Å². The highest BCUT2D eigenvalue weighted by Gasteiger charge is 2.19. The van der Waals surface area contributed by atoms with Crippen molar-refractivity contribution < 1.29 is 4.74 Å². The molecule has 1 N–H and O–H groups in total. The Bertz CT molecular complexity index is 617. The second kappa shape index (κ2) is 6.37. The number of rotatable bonds is 5. The van der Waals surface area contributed by atoms with E-state index in [4.69, 9.17) is 17.0 Å². The van der Waals surface area contributed by atoms with E-state index in [0.717, 1.165) is 22.4 Å². The van der Waals surface area contributed by atoms with Crippen molar-refractivity contribution in [3.05, 3.63) is 26.5 Å². The lowest BCUT2D eigenvalue weighted by molar-refractivity contribution is 0.0974. The molecule has 0 aliphatic heterocycles. The number of aromatic nitrogens is 2. The van der Waals surface area contributed by atoms with Gasteiger partial charge in [0.2, 0.25) is 0 Å². The van der Waals surface area contributed by atoms with E-state index >= 15 is 0 Å². The van der Waals surface area contributed by atoms with E-state index < -0.39 is 0 Å². The predicted octanol–water partition coefficient (Wildman–Crippen LogP) is 4.54. The van der Waals surface area contributed by atoms with E-state index in [0.29, 0.717) is 12.5 Å². The molecule has 0 spiro atoms. The first-order valence-electron chi connectivity index (χ1n) is 6.52. The Morgan fingerprint density at radius 1 is 1.42 bits per heavy atom. The summed E-state index contributed by atoms with van der Waals surface area (Å²) in [6.45, 7) is 7.86. The molecule has 0 fully saturated rings. The summed E-state index contributed by atoms with van der Waals surface area (Å²) < 4.78 is 9.80. The number of imidazole rings is 1. The molecule has 1 heterocycles. The van der Waals surface area contributed by atoms with Crippen LogP contribution < -0.4 is 0 Å². The van der Waals surface area contributed by atoms with Gasteiger partial charge in [0, 0.05) is 10.2 Å². The number of ether oxygens (including phenoxy) is 1.